The van der Waals surface area contributed by atoms with Crippen molar-refractivity contribution in [2.75, 3.05) is 6.61 Å². The zero-order valence-electron chi connectivity index (χ0n) is 10.7. The number of aliphatic hydroxyl groups excluding tert-OH is 1. The van der Waals surface area contributed by atoms with Crippen LogP contribution in [0.4, 0.5) is 0 Å². The monoisotopic (exact) mass is 251 g/mol. The van der Waals surface area contributed by atoms with E-state index in [2.05, 4.69) is 0 Å². The maximum atomic E-state index is 11.5. The number of hydrogen-bond acceptors (Lipinski definition) is 4. The van der Waals surface area contributed by atoms with E-state index in [0.29, 0.717) is 13.0 Å². The molecule has 4 heteroatoms. The molecule has 1 aromatic carbocycles. The highest BCUT2D eigenvalue weighted by Gasteiger charge is 2.24. The molecule has 0 saturated carbocycles. The number of nitrogens with two attached hydrogens (primary N) is 1. The predicted molar refractivity (Wildman–Crippen MR) is 70.0 cm³/mol. The van der Waals surface area contributed by atoms with E-state index in [0.717, 1.165) is 18.4 Å². The van der Waals surface area contributed by atoms with Crippen LogP contribution < -0.4 is 5.73 Å². The highest BCUT2D eigenvalue weighted by atomic mass is 16.5. The number of hydrogen-bond donors (Lipinski definition) is 2. The van der Waals surface area contributed by atoms with Crippen molar-refractivity contribution in [3.63, 3.8) is 0 Å². The van der Waals surface area contributed by atoms with Gasteiger partial charge in [-0.1, -0.05) is 43.7 Å². The van der Waals surface area contributed by atoms with Gasteiger partial charge < -0.3 is 15.6 Å². The molecule has 0 aliphatic rings. The summed E-state index contributed by atoms with van der Waals surface area (Å²) in [6.07, 6.45) is 0.929. The molecule has 1 aromatic rings. The zero-order chi connectivity index (χ0) is 13.4. The molecule has 18 heavy (non-hydrogen) atoms. The Labute approximate surface area is 108 Å². The molecular formula is C14H21NO3. The van der Waals surface area contributed by atoms with Gasteiger partial charge in [-0.05, 0) is 18.4 Å². The Morgan fingerprint density at radius 1 is 1.39 bits per heavy atom. The summed E-state index contributed by atoms with van der Waals surface area (Å²) in [7, 11) is 0. The highest BCUT2D eigenvalue weighted by molar-refractivity contribution is 5.75. The third-order valence-corrected chi connectivity index (χ3v) is 2.70. The maximum Gasteiger partial charge on any atom is 0.336 e. The third-order valence-electron chi connectivity index (χ3n) is 2.70. The molecule has 1 rings (SSSR count). The van der Waals surface area contributed by atoms with Crippen LogP contribution in [0.2, 0.25) is 0 Å². The lowest BCUT2D eigenvalue weighted by Gasteiger charge is -2.17. The summed E-state index contributed by atoms with van der Waals surface area (Å²) in [6.45, 7) is 2.34. The molecule has 100 valence electrons. The van der Waals surface area contributed by atoms with E-state index in [9.17, 15) is 9.90 Å². The molecule has 2 atom stereocenters. The minimum atomic E-state index is -1.26. The van der Waals surface area contributed by atoms with Gasteiger partial charge in [0.2, 0.25) is 0 Å². The van der Waals surface area contributed by atoms with Crippen molar-refractivity contribution in [3.05, 3.63) is 35.9 Å². The van der Waals surface area contributed by atoms with E-state index in [1.807, 2.05) is 37.3 Å². The van der Waals surface area contributed by atoms with E-state index < -0.39 is 18.1 Å². The summed E-state index contributed by atoms with van der Waals surface area (Å²) in [6, 6.07) is 8.89. The molecule has 0 spiro atoms. The number of unbranched alkanes of at least 4 members (excludes halogenated alkanes) is 1. The minimum Gasteiger partial charge on any atom is -0.464 e. The van der Waals surface area contributed by atoms with Crippen LogP contribution in [-0.4, -0.2) is 29.8 Å². The van der Waals surface area contributed by atoms with Gasteiger partial charge in [0.1, 0.15) is 0 Å². The fraction of sp³-hybridized carbons (Fsp3) is 0.500. The first kappa shape index (κ1) is 14.7. The van der Waals surface area contributed by atoms with Crippen molar-refractivity contribution in [2.24, 2.45) is 5.73 Å². The molecular weight excluding hydrogens is 230 g/mol. The number of carbonyl (C=O) groups is 1. The first-order valence-corrected chi connectivity index (χ1v) is 6.29. The van der Waals surface area contributed by atoms with Crippen LogP contribution in [-0.2, 0) is 16.0 Å². The second-order valence-electron chi connectivity index (χ2n) is 4.32. The Bertz CT molecular complexity index is 353. The molecule has 3 N–H and O–H groups in total. The fourth-order valence-corrected chi connectivity index (χ4v) is 1.58. The van der Waals surface area contributed by atoms with Crippen LogP contribution in [0.25, 0.3) is 0 Å². The molecule has 0 heterocycles. The SMILES string of the molecule is CCCCOC(=O)C(O)C(N)Cc1ccccc1. The molecule has 2 unspecified atom stereocenters. The van der Waals surface area contributed by atoms with Gasteiger partial charge in [-0.15, -0.1) is 0 Å². The van der Waals surface area contributed by atoms with E-state index in [4.69, 9.17) is 10.5 Å². The predicted octanol–water partition coefficient (Wildman–Crippen LogP) is 1.26. The van der Waals surface area contributed by atoms with Gasteiger partial charge in [0.25, 0.3) is 0 Å². The number of esters is 1. The number of carbonyl (C=O) groups excluding carboxylic acids is 1. The van der Waals surface area contributed by atoms with Gasteiger partial charge in [0, 0.05) is 6.04 Å². The molecule has 0 fully saturated rings. The molecule has 0 aromatic heterocycles. The Hall–Kier alpha value is -1.39. The van der Waals surface area contributed by atoms with E-state index in [1.54, 1.807) is 0 Å². The van der Waals surface area contributed by atoms with Crippen LogP contribution in [0.1, 0.15) is 25.3 Å². The maximum absolute atomic E-state index is 11.5. The lowest BCUT2D eigenvalue weighted by molar-refractivity contribution is -0.154. The first-order chi connectivity index (χ1) is 8.65. The van der Waals surface area contributed by atoms with Crippen molar-refractivity contribution < 1.29 is 14.6 Å². The Morgan fingerprint density at radius 2 is 2.06 bits per heavy atom. The Morgan fingerprint density at radius 3 is 2.67 bits per heavy atom. The Kier molecular flexibility index (Phi) is 6.39. The average molecular weight is 251 g/mol. The fourth-order valence-electron chi connectivity index (χ4n) is 1.58. The van der Waals surface area contributed by atoms with E-state index >= 15 is 0 Å². The van der Waals surface area contributed by atoms with E-state index in [1.165, 1.54) is 0 Å². The largest absolute Gasteiger partial charge is 0.464 e. The van der Waals surface area contributed by atoms with Gasteiger partial charge >= 0.3 is 5.97 Å². The molecule has 0 amide bonds. The van der Waals surface area contributed by atoms with Crippen LogP contribution >= 0.6 is 0 Å². The second kappa shape index (κ2) is 7.84. The van der Waals surface area contributed by atoms with Gasteiger partial charge in [0.05, 0.1) is 6.61 Å². The van der Waals surface area contributed by atoms with Crippen LogP contribution in [0.3, 0.4) is 0 Å². The minimum absolute atomic E-state index is 0.338. The number of rotatable bonds is 7. The quantitative estimate of drug-likeness (QED) is 0.565. The summed E-state index contributed by atoms with van der Waals surface area (Å²) in [5.74, 6) is -0.633. The second-order valence-corrected chi connectivity index (χ2v) is 4.32. The smallest absolute Gasteiger partial charge is 0.336 e. The van der Waals surface area contributed by atoms with Gasteiger partial charge in [-0.2, -0.15) is 0 Å². The van der Waals surface area contributed by atoms with Crippen molar-refractivity contribution in [2.45, 2.75) is 38.3 Å². The summed E-state index contributed by atoms with van der Waals surface area (Å²) in [5.41, 5.74) is 6.79. The van der Waals surface area contributed by atoms with Crippen molar-refractivity contribution in [3.8, 4) is 0 Å². The Balaban J connectivity index is 2.40. The van der Waals surface area contributed by atoms with Crippen LogP contribution in [0, 0.1) is 0 Å². The average Bonchev–Trinajstić information content (AvgIpc) is 2.39. The third kappa shape index (κ3) is 4.85. The summed E-state index contributed by atoms with van der Waals surface area (Å²) in [5, 5.41) is 9.75. The van der Waals surface area contributed by atoms with Crippen LogP contribution in [0.5, 0.6) is 0 Å². The summed E-state index contributed by atoms with van der Waals surface area (Å²) in [4.78, 5) is 11.5. The molecule has 0 aliphatic carbocycles. The standard InChI is InChI=1S/C14H21NO3/c1-2-3-9-18-14(17)13(16)12(15)10-11-7-5-4-6-8-11/h4-8,12-13,16H,2-3,9-10,15H2,1H3. The van der Waals surface area contributed by atoms with Gasteiger partial charge in [-0.25, -0.2) is 4.79 Å². The number of aliphatic hydroxyl groups is 1. The number of benzene rings is 1. The first-order valence-electron chi connectivity index (χ1n) is 6.29. The molecule has 4 nitrogen and oxygen atoms in total. The summed E-state index contributed by atoms with van der Waals surface area (Å²) < 4.78 is 4.93. The van der Waals surface area contributed by atoms with Gasteiger partial charge in [-0.3, -0.25) is 0 Å². The molecule has 0 bridgehead atoms. The van der Waals surface area contributed by atoms with E-state index in [-0.39, 0.29) is 0 Å². The van der Waals surface area contributed by atoms with Crippen molar-refractivity contribution in [1.29, 1.82) is 0 Å². The van der Waals surface area contributed by atoms with Crippen molar-refractivity contribution in [1.82, 2.24) is 0 Å². The zero-order valence-corrected chi connectivity index (χ0v) is 10.7. The highest BCUT2D eigenvalue weighted by Crippen LogP contribution is 2.06. The lowest BCUT2D eigenvalue weighted by Crippen LogP contribution is -2.43. The number of ether oxygens (including phenoxy) is 1. The molecule has 0 aliphatic heterocycles. The topological polar surface area (TPSA) is 72.5 Å². The molecule has 0 saturated heterocycles. The van der Waals surface area contributed by atoms with Crippen molar-refractivity contribution >= 4 is 5.97 Å². The normalized spacial score (nSPS) is 13.9. The van der Waals surface area contributed by atoms with Crippen LogP contribution in [0.15, 0.2) is 30.3 Å². The lowest BCUT2D eigenvalue weighted by atomic mass is 10.0. The molecule has 0 radical (unpaired) electrons. The van der Waals surface area contributed by atoms with Gasteiger partial charge in [0.15, 0.2) is 6.10 Å². The summed E-state index contributed by atoms with van der Waals surface area (Å²) >= 11 is 0.